The highest BCUT2D eigenvalue weighted by Crippen LogP contribution is 2.40. The third kappa shape index (κ3) is 5.80. The Hall–Kier alpha value is -8.19. The third-order valence-electron chi connectivity index (χ3n) is 12.4. The van der Waals surface area contributed by atoms with E-state index in [-0.39, 0.29) is 0 Å². The smallest absolute Gasteiger partial charge is 0.0907 e. The van der Waals surface area contributed by atoms with E-state index in [9.17, 15) is 0 Å². The molecule has 0 fully saturated rings. The monoisotopic (exact) mass is 821 g/mol. The second-order valence-electron chi connectivity index (χ2n) is 16.1. The van der Waals surface area contributed by atoms with Crippen molar-refractivity contribution < 1.29 is 0 Å². The summed E-state index contributed by atoms with van der Waals surface area (Å²) in [6, 6.07) is 71.7. The first-order chi connectivity index (χ1) is 31.2. The van der Waals surface area contributed by atoms with Crippen molar-refractivity contribution in [2.24, 2.45) is 0 Å². The van der Waals surface area contributed by atoms with Gasteiger partial charge in [-0.15, -0.1) is 11.3 Å². The Balaban J connectivity index is 0.956. The molecule has 7 aromatic carbocycles. The summed E-state index contributed by atoms with van der Waals surface area (Å²) in [4.78, 5) is 14.9. The molecule has 0 atom stereocenters. The molecule has 13 aromatic rings. The van der Waals surface area contributed by atoms with E-state index in [1.165, 1.54) is 52.9 Å². The molecule has 0 radical (unpaired) electrons. The molecule has 5 nitrogen and oxygen atoms in total. The summed E-state index contributed by atoms with van der Waals surface area (Å²) in [6.07, 6.45) is 3.80. The zero-order valence-corrected chi connectivity index (χ0v) is 34.7. The summed E-state index contributed by atoms with van der Waals surface area (Å²) >= 11 is 1.80. The maximum Gasteiger partial charge on any atom is 0.0907 e. The molecule has 0 unspecified atom stereocenters. The molecule has 0 aliphatic rings. The van der Waals surface area contributed by atoms with Crippen LogP contribution >= 0.6 is 11.3 Å². The van der Waals surface area contributed by atoms with Gasteiger partial charge in [-0.1, -0.05) is 115 Å². The Morgan fingerprint density at radius 1 is 0.317 bits per heavy atom. The van der Waals surface area contributed by atoms with Crippen LogP contribution in [-0.2, 0) is 0 Å². The molecule has 0 amide bonds. The van der Waals surface area contributed by atoms with E-state index in [0.29, 0.717) is 0 Å². The number of benzene rings is 7. The second kappa shape index (κ2) is 14.2. The molecule has 6 heteroatoms. The predicted molar refractivity (Wildman–Crippen MR) is 263 cm³/mol. The Morgan fingerprint density at radius 3 is 1.79 bits per heavy atom. The zero-order valence-electron chi connectivity index (χ0n) is 33.9. The molecule has 0 aliphatic carbocycles. The lowest BCUT2D eigenvalue weighted by atomic mass is 10.0. The van der Waals surface area contributed by atoms with E-state index in [1.54, 1.807) is 11.3 Å². The third-order valence-corrected chi connectivity index (χ3v) is 13.5. The summed E-state index contributed by atoms with van der Waals surface area (Å²) in [6.45, 7) is 0. The normalized spacial score (nSPS) is 11.8. The first-order valence-electron chi connectivity index (χ1n) is 21.2. The van der Waals surface area contributed by atoms with E-state index in [4.69, 9.17) is 15.0 Å². The van der Waals surface area contributed by atoms with Crippen LogP contribution in [0.1, 0.15) is 0 Å². The van der Waals surface area contributed by atoms with Crippen molar-refractivity contribution in [2.75, 3.05) is 0 Å². The summed E-state index contributed by atoms with van der Waals surface area (Å²) in [5.74, 6) is 0. The molecule has 13 rings (SSSR count). The van der Waals surface area contributed by atoms with Gasteiger partial charge in [0.05, 0.1) is 49.4 Å². The van der Waals surface area contributed by atoms with Crippen LogP contribution in [0, 0.1) is 0 Å². The summed E-state index contributed by atoms with van der Waals surface area (Å²) in [5, 5.41) is 6.04. The lowest BCUT2D eigenvalue weighted by molar-refractivity contribution is 1.15. The Bertz CT molecular complexity index is 3860. The lowest BCUT2D eigenvalue weighted by Gasteiger charge is -2.13. The molecular weight excluding hydrogens is 787 g/mol. The molecule has 6 heterocycles. The van der Waals surface area contributed by atoms with E-state index >= 15 is 0 Å². The Labute approximate surface area is 366 Å². The highest BCUT2D eigenvalue weighted by molar-refractivity contribution is 7.25. The maximum absolute atomic E-state index is 5.21. The molecule has 0 spiro atoms. The minimum atomic E-state index is 0.814. The number of nitrogens with zero attached hydrogens (tertiary/aromatic N) is 5. The molecular formula is C57H35N5S. The van der Waals surface area contributed by atoms with Gasteiger partial charge in [-0.2, -0.15) is 0 Å². The maximum atomic E-state index is 5.21. The van der Waals surface area contributed by atoms with Crippen molar-refractivity contribution >= 4 is 75.3 Å². The van der Waals surface area contributed by atoms with Crippen LogP contribution in [0.3, 0.4) is 0 Å². The highest BCUT2D eigenvalue weighted by Gasteiger charge is 2.18. The van der Waals surface area contributed by atoms with Crippen molar-refractivity contribution in [2.45, 2.75) is 0 Å². The van der Waals surface area contributed by atoms with Gasteiger partial charge in [0.25, 0.3) is 0 Å². The van der Waals surface area contributed by atoms with Crippen molar-refractivity contribution in [1.82, 2.24) is 24.1 Å². The summed E-state index contributed by atoms with van der Waals surface area (Å²) < 4.78 is 7.23. The number of hydrogen-bond acceptors (Lipinski definition) is 4. The van der Waals surface area contributed by atoms with Crippen LogP contribution in [0.5, 0.6) is 0 Å². The van der Waals surface area contributed by atoms with Crippen LogP contribution in [-0.4, -0.2) is 24.1 Å². The topological polar surface area (TPSA) is 48.5 Å². The van der Waals surface area contributed by atoms with Crippen LogP contribution in [0.2, 0.25) is 0 Å². The molecule has 6 aromatic heterocycles. The largest absolute Gasteiger partial charge is 0.309 e. The SMILES string of the molecule is c1ccc(-c2cc(-c3ccccc3)nc(-c3cc(-n4c5ccccc5c5ccc(-c6ccc7c(c6)c6ccccc6n7-c6ccc7sc8cccnc8c7c6)cc54)ccn3)c2)cc1. The fourth-order valence-electron chi connectivity index (χ4n) is 9.50. The number of para-hydroxylation sites is 2. The molecule has 0 saturated carbocycles. The Morgan fingerprint density at radius 2 is 0.968 bits per heavy atom. The van der Waals surface area contributed by atoms with Gasteiger partial charge in [0.2, 0.25) is 0 Å². The van der Waals surface area contributed by atoms with E-state index < -0.39 is 0 Å². The fraction of sp³-hybridized carbons (Fsp3) is 0. The number of aromatic nitrogens is 5. The van der Waals surface area contributed by atoms with E-state index in [2.05, 4.69) is 197 Å². The van der Waals surface area contributed by atoms with E-state index in [1.807, 2.05) is 24.5 Å². The standard InChI is InChI=1S/C57H35N5S/c1-3-12-36(13-4-1)40-31-48(37-14-5-2-6-15-37)60-50(32-40)49-35-42(27-29-58-49)62-51-18-9-7-16-43(51)45-24-21-39(33-54(45)62)38-22-25-53-46(30-38)44-17-8-10-19-52(44)61(53)41-23-26-55-47(34-41)57-56(63-55)20-11-28-59-57/h1-35H. The van der Waals surface area contributed by atoms with Crippen LogP contribution < -0.4 is 0 Å². The van der Waals surface area contributed by atoms with Gasteiger partial charge >= 0.3 is 0 Å². The molecule has 294 valence electrons. The van der Waals surface area contributed by atoms with Gasteiger partial charge in [0.1, 0.15) is 0 Å². The summed E-state index contributed by atoms with van der Waals surface area (Å²) in [5.41, 5.74) is 16.0. The van der Waals surface area contributed by atoms with Crippen LogP contribution in [0.15, 0.2) is 213 Å². The van der Waals surface area contributed by atoms with Crippen LogP contribution in [0.25, 0.3) is 120 Å². The van der Waals surface area contributed by atoms with Gasteiger partial charge in [-0.3, -0.25) is 9.97 Å². The van der Waals surface area contributed by atoms with Crippen molar-refractivity contribution in [3.63, 3.8) is 0 Å². The van der Waals surface area contributed by atoms with Crippen LogP contribution in [0.4, 0.5) is 0 Å². The van der Waals surface area contributed by atoms with Gasteiger partial charge in [-0.05, 0) is 107 Å². The number of pyridine rings is 3. The first-order valence-corrected chi connectivity index (χ1v) is 22.0. The average Bonchev–Trinajstić information content (AvgIpc) is 4.01. The van der Waals surface area contributed by atoms with Gasteiger partial charge in [0, 0.05) is 61.0 Å². The lowest BCUT2D eigenvalue weighted by Crippen LogP contribution is -1.97. The minimum Gasteiger partial charge on any atom is -0.309 e. The molecule has 0 N–H and O–H groups in total. The minimum absolute atomic E-state index is 0.814. The predicted octanol–water partition coefficient (Wildman–Crippen LogP) is 15.1. The number of hydrogen-bond donors (Lipinski definition) is 0. The second-order valence-corrected chi connectivity index (χ2v) is 17.1. The number of thiophene rings is 1. The molecule has 0 bridgehead atoms. The van der Waals surface area contributed by atoms with E-state index in [0.717, 1.165) is 67.3 Å². The fourth-order valence-corrected chi connectivity index (χ4v) is 10.5. The summed E-state index contributed by atoms with van der Waals surface area (Å²) in [7, 11) is 0. The van der Waals surface area contributed by atoms with Crippen molar-refractivity contribution in [3.05, 3.63) is 213 Å². The van der Waals surface area contributed by atoms with Gasteiger partial charge < -0.3 is 9.13 Å². The number of fused-ring (bicyclic) bond motifs is 9. The van der Waals surface area contributed by atoms with Gasteiger partial charge in [0.15, 0.2) is 0 Å². The molecule has 63 heavy (non-hydrogen) atoms. The average molecular weight is 822 g/mol. The quantitative estimate of drug-likeness (QED) is 0.168. The molecule has 0 saturated heterocycles. The first kappa shape index (κ1) is 35.6. The Kier molecular flexibility index (Phi) is 8.01. The molecule has 0 aliphatic heterocycles. The van der Waals surface area contributed by atoms with Crippen molar-refractivity contribution in [3.8, 4) is 56.3 Å². The highest BCUT2D eigenvalue weighted by atomic mass is 32.1. The zero-order chi connectivity index (χ0) is 41.4. The van der Waals surface area contributed by atoms with Crippen molar-refractivity contribution in [1.29, 1.82) is 0 Å². The van der Waals surface area contributed by atoms with Gasteiger partial charge in [-0.25, -0.2) is 4.98 Å². The number of rotatable bonds is 6.